The number of rotatable bonds is 2. The van der Waals surface area contributed by atoms with Crippen LogP contribution in [0.2, 0.25) is 0 Å². The summed E-state index contributed by atoms with van der Waals surface area (Å²) in [4.78, 5) is 0. The van der Waals surface area contributed by atoms with Gasteiger partial charge in [-0.2, -0.15) is 0 Å². The summed E-state index contributed by atoms with van der Waals surface area (Å²) in [5, 5.41) is 0.278. The molecular weight excluding hydrogens is 287 g/mol. The summed E-state index contributed by atoms with van der Waals surface area (Å²) >= 11 is 5.21. The molecule has 0 aromatic heterocycles. The van der Waals surface area contributed by atoms with E-state index in [4.69, 9.17) is 21.7 Å². The van der Waals surface area contributed by atoms with Gasteiger partial charge >= 0.3 is 0 Å². The lowest BCUT2D eigenvalue weighted by molar-refractivity contribution is 0.439. The maximum Gasteiger partial charge on any atom is 0.198 e. The van der Waals surface area contributed by atoms with Crippen LogP contribution in [0.3, 0.4) is 0 Å². The maximum absolute atomic E-state index is 12.9. The van der Waals surface area contributed by atoms with Crippen molar-refractivity contribution in [2.45, 2.75) is 0 Å². The molecule has 1 aliphatic rings. The topological polar surface area (TPSA) is 18.5 Å². The van der Waals surface area contributed by atoms with Gasteiger partial charge in [0.15, 0.2) is 5.05 Å². The van der Waals surface area contributed by atoms with Crippen molar-refractivity contribution in [3.8, 4) is 11.5 Å². The standard InChI is InChI=1S/C17H11FO2S/c1-11-2-3-12-6-9-15(10-16(12)19-11)20-17(21)13-4-7-14(18)8-5-13/h2-10H,1H2. The van der Waals surface area contributed by atoms with Crippen LogP contribution in [0.1, 0.15) is 11.1 Å². The number of thiocarbonyl (C=S) groups is 1. The number of hydrogen-bond acceptors (Lipinski definition) is 3. The lowest BCUT2D eigenvalue weighted by Gasteiger charge is -2.15. The molecule has 3 rings (SSSR count). The van der Waals surface area contributed by atoms with Crippen LogP contribution in [0.25, 0.3) is 6.08 Å². The van der Waals surface area contributed by atoms with E-state index in [0.717, 1.165) is 5.56 Å². The first-order chi connectivity index (χ1) is 10.1. The van der Waals surface area contributed by atoms with Gasteiger partial charge in [-0.05, 0) is 60.8 Å². The lowest BCUT2D eigenvalue weighted by Crippen LogP contribution is -2.07. The maximum atomic E-state index is 12.9. The Balaban J connectivity index is 1.81. The van der Waals surface area contributed by atoms with Crippen LogP contribution >= 0.6 is 12.2 Å². The number of halogens is 1. The zero-order chi connectivity index (χ0) is 14.8. The highest BCUT2D eigenvalue weighted by molar-refractivity contribution is 7.80. The fourth-order valence-electron chi connectivity index (χ4n) is 1.91. The number of benzene rings is 2. The van der Waals surface area contributed by atoms with E-state index < -0.39 is 0 Å². The van der Waals surface area contributed by atoms with Crippen LogP contribution in [0, 0.1) is 5.82 Å². The van der Waals surface area contributed by atoms with Gasteiger partial charge in [-0.15, -0.1) is 0 Å². The van der Waals surface area contributed by atoms with E-state index in [1.807, 2.05) is 12.1 Å². The Kier molecular flexibility index (Phi) is 3.54. The second-order valence-electron chi connectivity index (χ2n) is 4.50. The zero-order valence-electron chi connectivity index (χ0n) is 11.0. The van der Waals surface area contributed by atoms with Gasteiger partial charge in [0.1, 0.15) is 23.1 Å². The number of fused-ring (bicyclic) bond motifs is 1. The first-order valence-corrected chi connectivity index (χ1v) is 6.69. The summed E-state index contributed by atoms with van der Waals surface area (Å²) in [7, 11) is 0. The molecule has 21 heavy (non-hydrogen) atoms. The summed E-state index contributed by atoms with van der Waals surface area (Å²) in [6.07, 6.45) is 3.72. The molecule has 2 nitrogen and oxygen atoms in total. The Morgan fingerprint density at radius 1 is 1.10 bits per heavy atom. The Bertz CT molecular complexity index is 748. The van der Waals surface area contributed by atoms with E-state index in [-0.39, 0.29) is 10.9 Å². The van der Waals surface area contributed by atoms with Crippen molar-refractivity contribution in [1.82, 2.24) is 0 Å². The van der Waals surface area contributed by atoms with E-state index in [9.17, 15) is 4.39 Å². The third-order valence-corrected chi connectivity index (χ3v) is 3.28. The molecule has 4 heteroatoms. The Morgan fingerprint density at radius 3 is 2.62 bits per heavy atom. The molecule has 0 fully saturated rings. The molecule has 0 saturated heterocycles. The third kappa shape index (κ3) is 3.01. The molecule has 0 saturated carbocycles. The van der Waals surface area contributed by atoms with Crippen molar-refractivity contribution in [2.75, 3.05) is 0 Å². The minimum atomic E-state index is -0.311. The first-order valence-electron chi connectivity index (χ1n) is 6.28. The first kappa shape index (κ1) is 13.5. The SMILES string of the molecule is C=C1C=Cc2ccc(OC(=S)c3ccc(F)cc3)cc2O1. The molecule has 104 valence electrons. The third-order valence-electron chi connectivity index (χ3n) is 2.97. The molecule has 0 unspecified atom stereocenters. The summed E-state index contributed by atoms with van der Waals surface area (Å²) in [5.41, 5.74) is 1.59. The molecule has 1 aliphatic heterocycles. The Hall–Kier alpha value is -2.46. The molecule has 0 amide bonds. The molecule has 0 atom stereocenters. The summed E-state index contributed by atoms with van der Waals surface area (Å²) in [6.45, 7) is 3.75. The van der Waals surface area contributed by atoms with Gasteiger partial charge in [-0.1, -0.05) is 6.58 Å². The van der Waals surface area contributed by atoms with Crippen LogP contribution < -0.4 is 9.47 Å². The number of allylic oxidation sites excluding steroid dienone is 1. The van der Waals surface area contributed by atoms with Crippen molar-refractivity contribution in [3.05, 3.63) is 77.8 Å². The van der Waals surface area contributed by atoms with Gasteiger partial charge in [-0.25, -0.2) is 4.39 Å². The minimum absolute atomic E-state index is 0.278. The van der Waals surface area contributed by atoms with Gasteiger partial charge in [-0.3, -0.25) is 0 Å². The van der Waals surface area contributed by atoms with Crippen LogP contribution in [-0.2, 0) is 0 Å². The molecule has 2 aromatic carbocycles. The van der Waals surface area contributed by atoms with Gasteiger partial charge in [0.25, 0.3) is 0 Å². The van der Waals surface area contributed by atoms with E-state index in [2.05, 4.69) is 6.58 Å². The van der Waals surface area contributed by atoms with E-state index in [0.29, 0.717) is 22.8 Å². The quantitative estimate of drug-likeness (QED) is 0.761. The monoisotopic (exact) mass is 298 g/mol. The highest BCUT2D eigenvalue weighted by Gasteiger charge is 2.11. The van der Waals surface area contributed by atoms with Crippen molar-refractivity contribution < 1.29 is 13.9 Å². The molecule has 0 aliphatic carbocycles. The lowest BCUT2D eigenvalue weighted by atomic mass is 10.1. The molecule has 1 heterocycles. The van der Waals surface area contributed by atoms with Crippen LogP contribution in [0.5, 0.6) is 11.5 Å². The van der Waals surface area contributed by atoms with Crippen LogP contribution in [0.4, 0.5) is 4.39 Å². The van der Waals surface area contributed by atoms with Crippen molar-refractivity contribution in [2.24, 2.45) is 0 Å². The summed E-state index contributed by atoms with van der Waals surface area (Å²) in [5.74, 6) is 1.49. The second-order valence-corrected chi connectivity index (χ2v) is 4.87. The normalized spacial score (nSPS) is 12.5. The smallest absolute Gasteiger partial charge is 0.198 e. The van der Waals surface area contributed by atoms with Gasteiger partial charge < -0.3 is 9.47 Å². The average molecular weight is 298 g/mol. The minimum Gasteiger partial charge on any atom is -0.457 e. The van der Waals surface area contributed by atoms with Gasteiger partial charge in [0, 0.05) is 17.2 Å². The van der Waals surface area contributed by atoms with E-state index in [1.54, 1.807) is 30.3 Å². The number of ether oxygens (including phenoxy) is 2. The fourth-order valence-corrected chi connectivity index (χ4v) is 2.15. The van der Waals surface area contributed by atoms with Gasteiger partial charge in [0.2, 0.25) is 0 Å². The number of hydrogen-bond donors (Lipinski definition) is 0. The van der Waals surface area contributed by atoms with Gasteiger partial charge in [0.05, 0.1) is 0 Å². The molecular formula is C17H11FO2S. The fraction of sp³-hybridized carbons (Fsp3) is 0. The van der Waals surface area contributed by atoms with Crippen molar-refractivity contribution >= 4 is 23.3 Å². The average Bonchev–Trinajstić information content (AvgIpc) is 2.47. The molecule has 0 N–H and O–H groups in total. The highest BCUT2D eigenvalue weighted by Crippen LogP contribution is 2.31. The summed E-state index contributed by atoms with van der Waals surface area (Å²) in [6, 6.07) is 11.3. The summed E-state index contributed by atoms with van der Waals surface area (Å²) < 4.78 is 24.0. The van der Waals surface area contributed by atoms with Crippen molar-refractivity contribution in [1.29, 1.82) is 0 Å². The molecule has 0 bridgehead atoms. The van der Waals surface area contributed by atoms with Crippen LogP contribution in [0.15, 0.2) is 60.9 Å². The Labute approximate surface area is 127 Å². The van der Waals surface area contributed by atoms with Crippen LogP contribution in [-0.4, -0.2) is 5.05 Å². The predicted molar refractivity (Wildman–Crippen MR) is 84.0 cm³/mol. The van der Waals surface area contributed by atoms with E-state index in [1.165, 1.54) is 12.1 Å². The molecule has 0 radical (unpaired) electrons. The largest absolute Gasteiger partial charge is 0.457 e. The Morgan fingerprint density at radius 2 is 1.86 bits per heavy atom. The predicted octanol–water partition coefficient (Wildman–Crippen LogP) is 4.50. The van der Waals surface area contributed by atoms with Crippen molar-refractivity contribution in [3.63, 3.8) is 0 Å². The zero-order valence-corrected chi connectivity index (χ0v) is 11.8. The second kappa shape index (κ2) is 5.50. The highest BCUT2D eigenvalue weighted by atomic mass is 32.1. The molecule has 2 aromatic rings. The molecule has 0 spiro atoms. The van der Waals surface area contributed by atoms with E-state index >= 15 is 0 Å².